The molecule has 232 valence electrons. The van der Waals surface area contributed by atoms with Crippen molar-refractivity contribution >= 4 is 27.5 Å². The fourth-order valence-electron chi connectivity index (χ4n) is 4.73. The number of carbonyl (C=O) groups is 2. The standard InChI is InChI=1S/C33H43N3O6S/c1-33(2,3)34-32(38)30(23-25-12-8-7-9-13-25)35(24-26-14-10-15-29(22-26)42-5)31(37)16-11-21-36(43(6,39)40)27-17-19-28(41-4)20-18-27/h7-10,12-15,17-20,22,30H,11,16,21,23-24H2,1-6H3,(H,34,38). The van der Waals surface area contributed by atoms with E-state index in [9.17, 15) is 18.0 Å². The molecule has 2 amide bonds. The fraction of sp³-hybridized carbons (Fsp3) is 0.394. The van der Waals surface area contributed by atoms with Crippen LogP contribution in [0.5, 0.6) is 11.5 Å². The monoisotopic (exact) mass is 609 g/mol. The van der Waals surface area contributed by atoms with Gasteiger partial charge >= 0.3 is 0 Å². The second-order valence-corrected chi connectivity index (χ2v) is 13.4. The van der Waals surface area contributed by atoms with Crippen molar-refractivity contribution in [2.75, 3.05) is 31.3 Å². The molecular weight excluding hydrogens is 566 g/mol. The number of methoxy groups -OCH3 is 2. The fourth-order valence-corrected chi connectivity index (χ4v) is 5.69. The zero-order chi connectivity index (χ0) is 31.6. The van der Waals surface area contributed by atoms with Crippen molar-refractivity contribution in [3.05, 3.63) is 90.0 Å². The van der Waals surface area contributed by atoms with Gasteiger partial charge in [0, 0.05) is 31.5 Å². The second kappa shape index (κ2) is 14.9. The van der Waals surface area contributed by atoms with Crippen LogP contribution in [-0.2, 0) is 32.6 Å². The van der Waals surface area contributed by atoms with E-state index in [4.69, 9.17) is 9.47 Å². The lowest BCUT2D eigenvalue weighted by Crippen LogP contribution is -2.54. The van der Waals surface area contributed by atoms with Gasteiger partial charge in [-0.25, -0.2) is 8.42 Å². The highest BCUT2D eigenvalue weighted by Crippen LogP contribution is 2.23. The largest absolute Gasteiger partial charge is 0.497 e. The van der Waals surface area contributed by atoms with E-state index < -0.39 is 21.6 Å². The van der Waals surface area contributed by atoms with Gasteiger partial charge in [0.2, 0.25) is 21.8 Å². The van der Waals surface area contributed by atoms with Crippen molar-refractivity contribution in [3.63, 3.8) is 0 Å². The first-order valence-electron chi connectivity index (χ1n) is 14.2. The predicted molar refractivity (Wildman–Crippen MR) is 170 cm³/mol. The third kappa shape index (κ3) is 10.3. The van der Waals surface area contributed by atoms with Crippen molar-refractivity contribution < 1.29 is 27.5 Å². The van der Waals surface area contributed by atoms with E-state index in [1.54, 1.807) is 43.4 Å². The molecule has 0 heterocycles. The molecule has 0 aliphatic carbocycles. The van der Waals surface area contributed by atoms with Gasteiger partial charge in [-0.15, -0.1) is 0 Å². The minimum Gasteiger partial charge on any atom is -0.497 e. The molecule has 3 aromatic rings. The number of rotatable bonds is 14. The molecule has 10 heteroatoms. The van der Waals surface area contributed by atoms with E-state index >= 15 is 0 Å². The van der Waals surface area contributed by atoms with Crippen LogP contribution in [0.15, 0.2) is 78.9 Å². The highest BCUT2D eigenvalue weighted by Gasteiger charge is 2.32. The van der Waals surface area contributed by atoms with Crippen LogP contribution < -0.4 is 19.1 Å². The molecule has 0 saturated carbocycles. The lowest BCUT2D eigenvalue weighted by atomic mass is 10.00. The molecule has 0 aromatic heterocycles. The molecule has 9 nitrogen and oxygen atoms in total. The number of sulfonamides is 1. The topological polar surface area (TPSA) is 105 Å². The van der Waals surface area contributed by atoms with Gasteiger partial charge in [0.05, 0.1) is 26.2 Å². The Balaban J connectivity index is 1.91. The molecule has 3 aromatic carbocycles. The van der Waals surface area contributed by atoms with E-state index in [-0.39, 0.29) is 37.7 Å². The van der Waals surface area contributed by atoms with Gasteiger partial charge in [0.15, 0.2) is 0 Å². The van der Waals surface area contributed by atoms with Crippen LogP contribution in [0.1, 0.15) is 44.7 Å². The molecular formula is C33H43N3O6S. The van der Waals surface area contributed by atoms with Gasteiger partial charge in [-0.1, -0.05) is 42.5 Å². The molecule has 3 rings (SSSR count). The first-order chi connectivity index (χ1) is 20.3. The van der Waals surface area contributed by atoms with Crippen LogP contribution in [-0.4, -0.2) is 63.7 Å². The van der Waals surface area contributed by atoms with Gasteiger partial charge in [0.1, 0.15) is 17.5 Å². The number of hydrogen-bond acceptors (Lipinski definition) is 6. The van der Waals surface area contributed by atoms with E-state index in [0.717, 1.165) is 17.4 Å². The number of hydrogen-bond donors (Lipinski definition) is 1. The van der Waals surface area contributed by atoms with Gasteiger partial charge < -0.3 is 19.7 Å². The lowest BCUT2D eigenvalue weighted by molar-refractivity contribution is -0.142. The second-order valence-electron chi connectivity index (χ2n) is 11.5. The molecule has 1 atom stereocenters. The zero-order valence-corrected chi connectivity index (χ0v) is 26.7. The minimum absolute atomic E-state index is 0.0419. The van der Waals surface area contributed by atoms with Crippen molar-refractivity contribution in [3.8, 4) is 11.5 Å². The first kappa shape index (κ1) is 33.5. The highest BCUT2D eigenvalue weighted by molar-refractivity contribution is 7.92. The highest BCUT2D eigenvalue weighted by atomic mass is 32.2. The first-order valence-corrected chi connectivity index (χ1v) is 16.1. The summed E-state index contributed by atoms with van der Waals surface area (Å²) in [4.78, 5) is 29.3. The SMILES string of the molecule is COc1ccc(N(CCCC(=O)N(Cc2cccc(OC)c2)C(Cc2ccccc2)C(=O)NC(C)(C)C)S(C)(=O)=O)cc1. The summed E-state index contributed by atoms with van der Waals surface area (Å²) in [6.07, 6.45) is 1.76. The Morgan fingerprint density at radius 1 is 0.860 bits per heavy atom. The van der Waals surface area contributed by atoms with Crippen molar-refractivity contribution in [1.29, 1.82) is 0 Å². The summed E-state index contributed by atoms with van der Waals surface area (Å²) in [7, 11) is -0.496. The van der Waals surface area contributed by atoms with Gasteiger partial charge in [0.25, 0.3) is 0 Å². The van der Waals surface area contributed by atoms with Crippen LogP contribution in [0, 0.1) is 0 Å². The van der Waals surface area contributed by atoms with Gasteiger partial charge in [-0.3, -0.25) is 13.9 Å². The number of ether oxygens (including phenoxy) is 2. The summed E-state index contributed by atoms with van der Waals surface area (Å²) in [6, 6.07) is 22.9. The molecule has 0 fully saturated rings. The minimum atomic E-state index is -3.61. The van der Waals surface area contributed by atoms with Gasteiger partial charge in [-0.05, 0) is 74.7 Å². The van der Waals surface area contributed by atoms with E-state index in [1.807, 2.05) is 75.4 Å². The van der Waals surface area contributed by atoms with E-state index in [0.29, 0.717) is 23.6 Å². The van der Waals surface area contributed by atoms with Gasteiger partial charge in [-0.2, -0.15) is 0 Å². The third-order valence-corrected chi connectivity index (χ3v) is 7.96. The summed E-state index contributed by atoms with van der Waals surface area (Å²) < 4.78 is 37.2. The van der Waals surface area contributed by atoms with Crippen LogP contribution in [0.25, 0.3) is 0 Å². The summed E-state index contributed by atoms with van der Waals surface area (Å²) in [5.41, 5.74) is 1.70. The third-order valence-electron chi connectivity index (χ3n) is 6.77. The van der Waals surface area contributed by atoms with Crippen LogP contribution in [0.4, 0.5) is 5.69 Å². The average Bonchev–Trinajstić information content (AvgIpc) is 2.96. The summed E-state index contributed by atoms with van der Waals surface area (Å²) in [6.45, 7) is 5.98. The normalized spacial score (nSPS) is 12.2. The maximum Gasteiger partial charge on any atom is 0.243 e. The molecule has 0 bridgehead atoms. The Kier molecular flexibility index (Phi) is 11.6. The molecule has 0 radical (unpaired) electrons. The predicted octanol–water partition coefficient (Wildman–Crippen LogP) is 4.80. The van der Waals surface area contributed by atoms with E-state index in [2.05, 4.69) is 5.32 Å². The Bertz CT molecular complexity index is 1450. The van der Waals surface area contributed by atoms with Crippen molar-refractivity contribution in [2.24, 2.45) is 0 Å². The summed E-state index contributed by atoms with van der Waals surface area (Å²) in [5, 5.41) is 3.05. The van der Waals surface area contributed by atoms with Crippen molar-refractivity contribution in [1.82, 2.24) is 10.2 Å². The van der Waals surface area contributed by atoms with E-state index in [1.165, 1.54) is 4.31 Å². The molecule has 0 spiro atoms. The molecule has 1 unspecified atom stereocenters. The molecule has 43 heavy (non-hydrogen) atoms. The Labute approximate surface area is 255 Å². The average molecular weight is 610 g/mol. The number of nitrogens with one attached hydrogen (secondary N) is 1. The maximum absolute atomic E-state index is 14.0. The molecule has 1 N–H and O–H groups in total. The molecule has 0 saturated heterocycles. The van der Waals surface area contributed by atoms with Crippen LogP contribution in [0.2, 0.25) is 0 Å². The maximum atomic E-state index is 14.0. The molecule has 0 aliphatic heterocycles. The zero-order valence-electron chi connectivity index (χ0n) is 25.9. The Morgan fingerprint density at radius 3 is 2.07 bits per heavy atom. The number of anilines is 1. The Morgan fingerprint density at radius 2 is 1.49 bits per heavy atom. The summed E-state index contributed by atoms with van der Waals surface area (Å²) in [5.74, 6) is 0.741. The van der Waals surface area contributed by atoms with Crippen LogP contribution >= 0.6 is 0 Å². The smallest absolute Gasteiger partial charge is 0.243 e. The van der Waals surface area contributed by atoms with Crippen molar-refractivity contribution in [2.45, 2.75) is 58.2 Å². The quantitative estimate of drug-likeness (QED) is 0.282. The Hall–Kier alpha value is -4.05. The molecule has 0 aliphatic rings. The van der Waals surface area contributed by atoms with Crippen LogP contribution in [0.3, 0.4) is 0 Å². The number of benzene rings is 3. The number of carbonyl (C=O) groups excluding carboxylic acids is 2. The summed E-state index contributed by atoms with van der Waals surface area (Å²) >= 11 is 0. The number of amides is 2. The lowest BCUT2D eigenvalue weighted by Gasteiger charge is -2.34. The number of nitrogens with zero attached hydrogens (tertiary/aromatic N) is 2.